The van der Waals surface area contributed by atoms with E-state index in [2.05, 4.69) is 6.92 Å². The number of hydrogen-bond acceptors (Lipinski definition) is 2. The van der Waals surface area contributed by atoms with Crippen LogP contribution in [0.2, 0.25) is 0 Å². The van der Waals surface area contributed by atoms with E-state index in [9.17, 15) is 4.79 Å². The third kappa shape index (κ3) is 10.3. The largest absolute Gasteiger partial charge is 0.464 e. The van der Waals surface area contributed by atoms with Crippen LogP contribution in [0.15, 0.2) is 0 Å². The summed E-state index contributed by atoms with van der Waals surface area (Å²) in [5, 5.41) is -0.268. The Bertz CT molecular complexity index is 163. The van der Waals surface area contributed by atoms with Gasteiger partial charge in [0.1, 0.15) is 6.61 Å². The molecule has 0 N–H and O–H groups in total. The number of rotatable bonds is 9. The maximum atomic E-state index is 11.2. The fraction of sp³-hybridized carbons (Fsp3) is 0.909. The lowest BCUT2D eigenvalue weighted by Gasteiger charge is -2.07. The molecule has 0 aliphatic carbocycles. The summed E-state index contributed by atoms with van der Waals surface area (Å²) in [6, 6.07) is 0. The van der Waals surface area contributed by atoms with Gasteiger partial charge in [0, 0.05) is 12.3 Å². The molecular weight excluding hydrogens is 235 g/mol. The number of esters is 1. The van der Waals surface area contributed by atoms with Gasteiger partial charge in [-0.3, -0.25) is 4.79 Å². The fourth-order valence-electron chi connectivity index (χ4n) is 1.17. The third-order valence-electron chi connectivity index (χ3n) is 2.08. The molecule has 0 rings (SSSR count). The van der Waals surface area contributed by atoms with Crippen molar-refractivity contribution in [1.29, 1.82) is 0 Å². The molecule has 2 nitrogen and oxygen atoms in total. The molecule has 0 aromatic heterocycles. The van der Waals surface area contributed by atoms with Crippen LogP contribution in [0.5, 0.6) is 0 Å². The number of halogens is 2. The minimum atomic E-state index is -0.268. The summed E-state index contributed by atoms with van der Waals surface area (Å²) in [6.45, 7) is 2.39. The molecule has 0 aromatic carbocycles. The first-order valence-electron chi connectivity index (χ1n) is 5.56. The van der Waals surface area contributed by atoms with Crippen molar-refractivity contribution in [3.63, 3.8) is 0 Å². The highest BCUT2D eigenvalue weighted by Gasteiger charge is 2.07. The molecule has 0 aliphatic rings. The molecule has 0 bridgehead atoms. The van der Waals surface area contributed by atoms with Crippen LogP contribution in [0.25, 0.3) is 0 Å². The third-order valence-corrected chi connectivity index (χ3v) is 2.89. The van der Waals surface area contributed by atoms with Gasteiger partial charge in [-0.2, -0.15) is 0 Å². The minimum Gasteiger partial charge on any atom is -0.464 e. The summed E-state index contributed by atoms with van der Waals surface area (Å²) in [6.07, 6.45) is 6.16. The van der Waals surface area contributed by atoms with Crippen LogP contribution >= 0.6 is 23.2 Å². The zero-order valence-electron chi connectivity index (χ0n) is 9.31. The van der Waals surface area contributed by atoms with Crippen molar-refractivity contribution in [2.75, 3.05) is 12.5 Å². The van der Waals surface area contributed by atoms with Gasteiger partial charge >= 0.3 is 5.97 Å². The number of carbonyl (C=O) groups is 1. The second kappa shape index (κ2) is 10.6. The summed E-state index contributed by atoms with van der Waals surface area (Å²) >= 11 is 11.2. The maximum absolute atomic E-state index is 11.2. The van der Waals surface area contributed by atoms with Gasteiger partial charge in [0.2, 0.25) is 0 Å². The Hall–Kier alpha value is 0.0500. The van der Waals surface area contributed by atoms with E-state index in [1.165, 1.54) is 19.3 Å². The molecule has 1 atom stereocenters. The van der Waals surface area contributed by atoms with Crippen molar-refractivity contribution >= 4 is 29.2 Å². The molecule has 0 amide bonds. The predicted molar refractivity (Wildman–Crippen MR) is 64.7 cm³/mol. The fourth-order valence-corrected chi connectivity index (χ4v) is 1.33. The first kappa shape index (κ1) is 15.0. The SMILES string of the molecule is CCCCCCCC(=O)OCC(Cl)CCl. The Kier molecular flexibility index (Phi) is 10.6. The minimum absolute atomic E-state index is 0.165. The quantitative estimate of drug-likeness (QED) is 0.356. The molecule has 0 aromatic rings. The van der Waals surface area contributed by atoms with Crippen LogP contribution in [0.1, 0.15) is 45.4 Å². The summed E-state index contributed by atoms with van der Waals surface area (Å²) < 4.78 is 4.95. The van der Waals surface area contributed by atoms with Crippen molar-refractivity contribution in [2.45, 2.75) is 50.8 Å². The van der Waals surface area contributed by atoms with E-state index in [0.717, 1.165) is 12.8 Å². The summed E-state index contributed by atoms with van der Waals surface area (Å²) in [4.78, 5) is 11.2. The molecule has 15 heavy (non-hydrogen) atoms. The highest BCUT2D eigenvalue weighted by atomic mass is 35.5. The zero-order chi connectivity index (χ0) is 11.5. The Morgan fingerprint density at radius 1 is 1.27 bits per heavy atom. The van der Waals surface area contributed by atoms with E-state index in [1.54, 1.807) is 0 Å². The zero-order valence-corrected chi connectivity index (χ0v) is 10.8. The van der Waals surface area contributed by atoms with Gasteiger partial charge in [0.05, 0.1) is 5.38 Å². The number of carbonyl (C=O) groups excluding carboxylic acids is 1. The van der Waals surface area contributed by atoms with Gasteiger partial charge in [-0.05, 0) is 6.42 Å². The number of ether oxygens (including phenoxy) is 1. The van der Waals surface area contributed by atoms with E-state index in [-0.39, 0.29) is 18.0 Å². The second-order valence-corrected chi connectivity index (χ2v) is 4.52. The molecule has 0 saturated heterocycles. The van der Waals surface area contributed by atoms with E-state index in [0.29, 0.717) is 12.3 Å². The molecule has 1 unspecified atom stereocenters. The molecule has 90 valence electrons. The number of unbranched alkanes of at least 4 members (excludes halogenated alkanes) is 4. The lowest BCUT2D eigenvalue weighted by atomic mass is 10.1. The number of alkyl halides is 2. The van der Waals surface area contributed by atoms with Gasteiger partial charge in [-0.25, -0.2) is 0 Å². The van der Waals surface area contributed by atoms with Crippen LogP contribution in [0.3, 0.4) is 0 Å². The molecule has 0 spiro atoms. The Labute approximate surface area is 102 Å². The Balaban J connectivity index is 3.26. The van der Waals surface area contributed by atoms with Crippen molar-refractivity contribution in [2.24, 2.45) is 0 Å². The van der Waals surface area contributed by atoms with Gasteiger partial charge in [0.15, 0.2) is 0 Å². The first-order chi connectivity index (χ1) is 7.20. The second-order valence-electron chi connectivity index (χ2n) is 3.60. The van der Waals surface area contributed by atoms with E-state index in [1.807, 2.05) is 0 Å². The highest BCUT2D eigenvalue weighted by molar-refractivity contribution is 6.28. The van der Waals surface area contributed by atoms with Crippen LogP contribution in [0, 0.1) is 0 Å². The standard InChI is InChI=1S/C11H20Cl2O2/c1-2-3-4-5-6-7-11(14)15-9-10(13)8-12/h10H,2-9H2,1H3. The van der Waals surface area contributed by atoms with Crippen molar-refractivity contribution in [3.05, 3.63) is 0 Å². The highest BCUT2D eigenvalue weighted by Crippen LogP contribution is 2.06. The van der Waals surface area contributed by atoms with Crippen molar-refractivity contribution < 1.29 is 9.53 Å². The van der Waals surface area contributed by atoms with Crippen LogP contribution in [-0.4, -0.2) is 23.8 Å². The normalized spacial score (nSPS) is 12.5. The molecule has 4 heteroatoms. The smallest absolute Gasteiger partial charge is 0.305 e. The predicted octanol–water partition coefficient (Wildman–Crippen LogP) is 3.74. The van der Waals surface area contributed by atoms with E-state index in [4.69, 9.17) is 27.9 Å². The molecule has 0 heterocycles. The van der Waals surface area contributed by atoms with Gasteiger partial charge in [-0.15, -0.1) is 23.2 Å². The Morgan fingerprint density at radius 3 is 2.53 bits per heavy atom. The van der Waals surface area contributed by atoms with Crippen molar-refractivity contribution in [1.82, 2.24) is 0 Å². The average Bonchev–Trinajstić information content (AvgIpc) is 2.25. The van der Waals surface area contributed by atoms with Gasteiger partial charge in [0.25, 0.3) is 0 Å². The van der Waals surface area contributed by atoms with Crippen molar-refractivity contribution in [3.8, 4) is 0 Å². The first-order valence-corrected chi connectivity index (χ1v) is 6.53. The number of hydrogen-bond donors (Lipinski definition) is 0. The summed E-state index contributed by atoms with van der Waals surface area (Å²) in [7, 11) is 0. The van der Waals surface area contributed by atoms with Gasteiger partial charge < -0.3 is 4.74 Å². The van der Waals surface area contributed by atoms with Gasteiger partial charge in [-0.1, -0.05) is 32.6 Å². The molecule has 0 fully saturated rings. The molecular formula is C11H20Cl2O2. The van der Waals surface area contributed by atoms with Crippen LogP contribution < -0.4 is 0 Å². The van der Waals surface area contributed by atoms with Crippen LogP contribution in [0.4, 0.5) is 0 Å². The molecule has 0 saturated carbocycles. The average molecular weight is 255 g/mol. The maximum Gasteiger partial charge on any atom is 0.305 e. The van der Waals surface area contributed by atoms with E-state index >= 15 is 0 Å². The topological polar surface area (TPSA) is 26.3 Å². The monoisotopic (exact) mass is 254 g/mol. The van der Waals surface area contributed by atoms with E-state index < -0.39 is 0 Å². The molecule has 0 radical (unpaired) electrons. The lowest BCUT2D eigenvalue weighted by Crippen LogP contribution is -2.15. The lowest BCUT2D eigenvalue weighted by molar-refractivity contribution is -0.143. The summed E-state index contributed by atoms with van der Waals surface area (Å²) in [5.74, 6) is 0.146. The Morgan fingerprint density at radius 2 is 1.93 bits per heavy atom. The van der Waals surface area contributed by atoms with Crippen LogP contribution in [-0.2, 0) is 9.53 Å². The molecule has 0 aliphatic heterocycles. The summed E-state index contributed by atoms with van der Waals surface area (Å²) in [5.41, 5.74) is 0.